The molecule has 0 fully saturated rings. The van der Waals surface area contributed by atoms with Crippen molar-refractivity contribution in [2.75, 3.05) is 5.33 Å². The summed E-state index contributed by atoms with van der Waals surface area (Å²) >= 11 is 3.50. The van der Waals surface area contributed by atoms with Crippen molar-refractivity contribution in [2.24, 2.45) is 11.8 Å². The molecule has 3 nitrogen and oxygen atoms in total. The monoisotopic (exact) mass is 273 g/mol. The lowest BCUT2D eigenvalue weighted by Crippen LogP contribution is -2.11. The van der Waals surface area contributed by atoms with Crippen molar-refractivity contribution in [3.8, 4) is 0 Å². The van der Waals surface area contributed by atoms with Crippen LogP contribution in [-0.4, -0.2) is 20.1 Å². The first kappa shape index (κ1) is 12.7. The van der Waals surface area contributed by atoms with Crippen LogP contribution in [0.2, 0.25) is 0 Å². The van der Waals surface area contributed by atoms with E-state index in [1.807, 2.05) is 4.68 Å². The van der Waals surface area contributed by atoms with Crippen LogP contribution < -0.4 is 0 Å². The first-order chi connectivity index (χ1) is 7.13. The van der Waals surface area contributed by atoms with Crippen LogP contribution in [0.4, 0.5) is 0 Å². The van der Waals surface area contributed by atoms with Gasteiger partial charge in [0.15, 0.2) is 0 Å². The standard InChI is InChI=1S/C11H20BrN3/c1-9(2)7-15-11(13-8-14-15)5-4-10(3)6-12/h8-10H,4-7H2,1-3H3. The van der Waals surface area contributed by atoms with Gasteiger partial charge in [-0.25, -0.2) is 9.67 Å². The molecule has 0 radical (unpaired) electrons. The van der Waals surface area contributed by atoms with Gasteiger partial charge < -0.3 is 0 Å². The van der Waals surface area contributed by atoms with Gasteiger partial charge in [0.25, 0.3) is 0 Å². The molecule has 0 amide bonds. The van der Waals surface area contributed by atoms with Crippen LogP contribution in [0, 0.1) is 11.8 Å². The van der Waals surface area contributed by atoms with E-state index in [4.69, 9.17) is 0 Å². The Bertz CT molecular complexity index is 283. The van der Waals surface area contributed by atoms with E-state index < -0.39 is 0 Å². The molecule has 0 aliphatic rings. The van der Waals surface area contributed by atoms with E-state index in [0.29, 0.717) is 11.8 Å². The van der Waals surface area contributed by atoms with E-state index >= 15 is 0 Å². The third-order valence-corrected chi connectivity index (χ3v) is 3.46. The quantitative estimate of drug-likeness (QED) is 0.747. The Morgan fingerprint density at radius 1 is 1.40 bits per heavy atom. The molecule has 1 aromatic heterocycles. The minimum Gasteiger partial charge on any atom is -0.250 e. The predicted molar refractivity (Wildman–Crippen MR) is 66.1 cm³/mol. The lowest BCUT2D eigenvalue weighted by Gasteiger charge is -2.10. The number of hydrogen-bond acceptors (Lipinski definition) is 2. The molecule has 0 N–H and O–H groups in total. The largest absolute Gasteiger partial charge is 0.250 e. The fraction of sp³-hybridized carbons (Fsp3) is 0.818. The normalized spacial score (nSPS) is 13.4. The SMILES string of the molecule is CC(C)Cn1ncnc1CCC(C)CBr. The Balaban J connectivity index is 2.49. The Labute approximate surface area is 100 Å². The number of aryl methyl sites for hydroxylation is 1. The molecule has 1 rings (SSSR count). The maximum absolute atomic E-state index is 4.31. The second kappa shape index (κ2) is 6.26. The van der Waals surface area contributed by atoms with Crippen molar-refractivity contribution >= 4 is 15.9 Å². The molecule has 0 saturated carbocycles. The third-order valence-electron chi connectivity index (χ3n) is 2.36. The highest BCUT2D eigenvalue weighted by Crippen LogP contribution is 2.10. The van der Waals surface area contributed by atoms with Crippen molar-refractivity contribution in [3.05, 3.63) is 12.2 Å². The Kier molecular flexibility index (Phi) is 5.29. The molecule has 15 heavy (non-hydrogen) atoms. The van der Waals surface area contributed by atoms with E-state index in [0.717, 1.165) is 24.1 Å². The Morgan fingerprint density at radius 3 is 2.73 bits per heavy atom. The van der Waals surface area contributed by atoms with Crippen LogP contribution >= 0.6 is 15.9 Å². The van der Waals surface area contributed by atoms with Crippen LogP contribution in [0.3, 0.4) is 0 Å². The van der Waals surface area contributed by atoms with Crippen LogP contribution in [0.25, 0.3) is 0 Å². The van der Waals surface area contributed by atoms with Crippen LogP contribution in [0.5, 0.6) is 0 Å². The molecule has 0 aromatic carbocycles. The third kappa shape index (κ3) is 4.33. The van der Waals surface area contributed by atoms with Crippen LogP contribution in [0.15, 0.2) is 6.33 Å². The molecule has 1 aromatic rings. The average molecular weight is 274 g/mol. The van der Waals surface area contributed by atoms with Gasteiger partial charge in [0, 0.05) is 18.3 Å². The molecule has 0 saturated heterocycles. The highest BCUT2D eigenvalue weighted by molar-refractivity contribution is 9.09. The lowest BCUT2D eigenvalue weighted by atomic mass is 10.1. The fourth-order valence-electron chi connectivity index (χ4n) is 1.43. The highest BCUT2D eigenvalue weighted by Gasteiger charge is 2.08. The first-order valence-electron chi connectivity index (χ1n) is 5.56. The van der Waals surface area contributed by atoms with E-state index in [2.05, 4.69) is 46.8 Å². The van der Waals surface area contributed by atoms with Crippen LogP contribution in [-0.2, 0) is 13.0 Å². The zero-order chi connectivity index (χ0) is 11.3. The topological polar surface area (TPSA) is 30.7 Å². The second-order valence-corrected chi connectivity index (χ2v) is 5.20. The maximum atomic E-state index is 4.31. The van der Waals surface area contributed by atoms with Gasteiger partial charge in [-0.2, -0.15) is 5.10 Å². The summed E-state index contributed by atoms with van der Waals surface area (Å²) in [5, 5.41) is 5.31. The zero-order valence-electron chi connectivity index (χ0n) is 9.78. The van der Waals surface area contributed by atoms with Crippen molar-refractivity contribution in [2.45, 2.75) is 40.2 Å². The van der Waals surface area contributed by atoms with Gasteiger partial charge in [0.1, 0.15) is 12.2 Å². The van der Waals surface area contributed by atoms with E-state index in [-0.39, 0.29) is 0 Å². The Morgan fingerprint density at radius 2 is 2.13 bits per heavy atom. The second-order valence-electron chi connectivity index (χ2n) is 4.55. The molecule has 0 aliphatic carbocycles. The van der Waals surface area contributed by atoms with Gasteiger partial charge in [-0.1, -0.05) is 36.7 Å². The Hall–Kier alpha value is -0.380. The fourth-order valence-corrected chi connectivity index (χ4v) is 1.76. The summed E-state index contributed by atoms with van der Waals surface area (Å²) in [4.78, 5) is 4.31. The summed E-state index contributed by atoms with van der Waals surface area (Å²) in [5.74, 6) is 2.45. The van der Waals surface area contributed by atoms with Gasteiger partial charge in [0.2, 0.25) is 0 Å². The van der Waals surface area contributed by atoms with Gasteiger partial charge >= 0.3 is 0 Å². The number of hydrogen-bond donors (Lipinski definition) is 0. The van der Waals surface area contributed by atoms with Gasteiger partial charge in [-0.15, -0.1) is 0 Å². The molecule has 0 spiro atoms. The molecule has 1 heterocycles. The smallest absolute Gasteiger partial charge is 0.138 e. The van der Waals surface area contributed by atoms with Crippen molar-refractivity contribution < 1.29 is 0 Å². The van der Waals surface area contributed by atoms with Crippen molar-refractivity contribution in [3.63, 3.8) is 0 Å². The summed E-state index contributed by atoms with van der Waals surface area (Å²) in [6.07, 6.45) is 3.86. The van der Waals surface area contributed by atoms with Gasteiger partial charge in [-0.3, -0.25) is 0 Å². The van der Waals surface area contributed by atoms with E-state index in [9.17, 15) is 0 Å². The number of halogens is 1. The van der Waals surface area contributed by atoms with Crippen molar-refractivity contribution in [1.82, 2.24) is 14.8 Å². The predicted octanol–water partition coefficient (Wildman–Crippen LogP) is 2.90. The van der Waals surface area contributed by atoms with Gasteiger partial charge in [0.05, 0.1) is 0 Å². The summed E-state index contributed by atoms with van der Waals surface area (Å²) in [6, 6.07) is 0. The number of aromatic nitrogens is 3. The summed E-state index contributed by atoms with van der Waals surface area (Å²) < 4.78 is 2.03. The number of rotatable bonds is 6. The van der Waals surface area contributed by atoms with Crippen molar-refractivity contribution in [1.29, 1.82) is 0 Å². The summed E-state index contributed by atoms with van der Waals surface area (Å²) in [6.45, 7) is 7.62. The number of nitrogens with zero attached hydrogens (tertiary/aromatic N) is 3. The molecule has 0 aliphatic heterocycles. The van der Waals surface area contributed by atoms with E-state index in [1.54, 1.807) is 6.33 Å². The zero-order valence-corrected chi connectivity index (χ0v) is 11.4. The molecule has 0 bridgehead atoms. The minimum atomic E-state index is 0.624. The average Bonchev–Trinajstić information content (AvgIpc) is 2.61. The lowest BCUT2D eigenvalue weighted by molar-refractivity contribution is 0.456. The number of alkyl halides is 1. The van der Waals surface area contributed by atoms with Gasteiger partial charge in [-0.05, 0) is 18.3 Å². The molecule has 86 valence electrons. The molecule has 4 heteroatoms. The maximum Gasteiger partial charge on any atom is 0.138 e. The van der Waals surface area contributed by atoms with Crippen LogP contribution in [0.1, 0.15) is 33.0 Å². The summed E-state index contributed by atoms with van der Waals surface area (Å²) in [5.41, 5.74) is 0. The summed E-state index contributed by atoms with van der Waals surface area (Å²) in [7, 11) is 0. The molecule has 1 atom stereocenters. The first-order valence-corrected chi connectivity index (χ1v) is 6.68. The van der Waals surface area contributed by atoms with E-state index in [1.165, 1.54) is 6.42 Å². The molecule has 1 unspecified atom stereocenters. The molecular weight excluding hydrogens is 254 g/mol. The minimum absolute atomic E-state index is 0.624. The molecular formula is C11H20BrN3. The highest BCUT2D eigenvalue weighted by atomic mass is 79.9.